The Morgan fingerprint density at radius 1 is 1.10 bits per heavy atom. The average molecular weight is 294 g/mol. The molecule has 0 aromatic carbocycles. The molecule has 0 aliphatic heterocycles. The highest BCUT2D eigenvalue weighted by molar-refractivity contribution is 5.26. The van der Waals surface area contributed by atoms with Crippen molar-refractivity contribution in [1.82, 2.24) is 4.90 Å². The Labute approximate surface area is 130 Å². The largest absolute Gasteiger partial charge is 0.324 e. The highest BCUT2D eigenvalue weighted by Gasteiger charge is 2.24. The summed E-state index contributed by atoms with van der Waals surface area (Å²) < 4.78 is 0. The Morgan fingerprint density at radius 2 is 1.76 bits per heavy atom. The van der Waals surface area contributed by atoms with Gasteiger partial charge in [-0.05, 0) is 37.9 Å². The second-order valence-electron chi connectivity index (χ2n) is 5.48. The Morgan fingerprint density at radius 3 is 2.19 bits per heavy atom. The van der Waals surface area contributed by atoms with Crippen LogP contribution in [-0.4, -0.2) is 36.2 Å². The Balaban J connectivity index is 4.96. The summed E-state index contributed by atoms with van der Waals surface area (Å²) in [6.07, 6.45) is 9.13. The van der Waals surface area contributed by atoms with Gasteiger partial charge in [0.15, 0.2) is 0 Å². The molecular formula is C17H34N4. The number of unbranched alkanes of at least 4 members (excludes halogenated alkanes) is 1. The fourth-order valence-electron chi connectivity index (χ4n) is 2.52. The third-order valence-electron chi connectivity index (χ3n) is 3.69. The fourth-order valence-corrected chi connectivity index (χ4v) is 2.52. The quantitative estimate of drug-likeness (QED) is 0.380. The maximum Gasteiger partial charge on any atom is 0.0682 e. The number of hydrogen-bond donors (Lipinski definition) is 3. The number of rotatable bonds is 12. The second kappa shape index (κ2) is 11.7. The van der Waals surface area contributed by atoms with Gasteiger partial charge in [-0.15, -0.1) is 0 Å². The van der Waals surface area contributed by atoms with Crippen molar-refractivity contribution in [3.8, 4) is 0 Å². The van der Waals surface area contributed by atoms with Gasteiger partial charge in [0.05, 0.1) is 6.17 Å². The van der Waals surface area contributed by atoms with Crippen molar-refractivity contribution in [2.45, 2.75) is 57.8 Å². The summed E-state index contributed by atoms with van der Waals surface area (Å²) in [6, 6.07) is -0.0410. The Kier molecular flexibility index (Phi) is 11.2. The summed E-state index contributed by atoms with van der Waals surface area (Å²) in [5.41, 5.74) is 19.3. The highest BCUT2D eigenvalue weighted by atomic mass is 15.2. The van der Waals surface area contributed by atoms with E-state index in [4.69, 9.17) is 17.2 Å². The van der Waals surface area contributed by atoms with Gasteiger partial charge < -0.3 is 17.2 Å². The minimum Gasteiger partial charge on any atom is -0.324 e. The van der Waals surface area contributed by atoms with Crippen molar-refractivity contribution >= 4 is 0 Å². The summed E-state index contributed by atoms with van der Waals surface area (Å²) >= 11 is 0. The molecule has 0 aromatic rings. The van der Waals surface area contributed by atoms with Crippen LogP contribution in [0.1, 0.15) is 39.5 Å². The molecule has 122 valence electrons. The number of hydrogen-bond acceptors (Lipinski definition) is 4. The SMILES string of the molecule is C=C/C=C(\C=C)[C@H](N)CC(C(N)N)N(CCC)CCCC. The van der Waals surface area contributed by atoms with Gasteiger partial charge in [0.25, 0.3) is 0 Å². The molecule has 0 aliphatic carbocycles. The molecule has 4 heteroatoms. The molecule has 0 aliphatic rings. The van der Waals surface area contributed by atoms with Crippen LogP contribution in [0, 0.1) is 0 Å². The molecule has 0 rings (SSSR count). The minimum absolute atomic E-state index is 0.0830. The molecule has 0 amide bonds. The number of nitrogens with two attached hydrogens (primary N) is 3. The number of allylic oxidation sites excluding steroid dienone is 2. The number of nitrogens with zero attached hydrogens (tertiary/aromatic N) is 1. The monoisotopic (exact) mass is 294 g/mol. The fraction of sp³-hybridized carbons (Fsp3) is 0.647. The predicted octanol–water partition coefficient (Wildman–Crippen LogP) is 2.13. The smallest absolute Gasteiger partial charge is 0.0682 e. The van der Waals surface area contributed by atoms with E-state index in [1.165, 1.54) is 0 Å². The van der Waals surface area contributed by atoms with Crippen LogP contribution in [0.3, 0.4) is 0 Å². The standard InChI is InChI=1S/C17H34N4/c1-5-9-12-21(11-7-3)16(17(19)20)13-15(18)14(8-4)10-6-2/h6,8,10,15-17H,2,4-5,7,9,11-13,18-20H2,1,3H3/b14-10+/t15-,16?/m1/s1. The first-order valence-corrected chi connectivity index (χ1v) is 7.97. The average Bonchev–Trinajstić information content (AvgIpc) is 2.46. The van der Waals surface area contributed by atoms with Crippen LogP contribution in [0.2, 0.25) is 0 Å². The van der Waals surface area contributed by atoms with Gasteiger partial charge in [-0.25, -0.2) is 0 Å². The Hall–Kier alpha value is -0.940. The van der Waals surface area contributed by atoms with Crippen molar-refractivity contribution in [2.75, 3.05) is 13.1 Å². The summed E-state index contributed by atoms with van der Waals surface area (Å²) in [6.45, 7) is 13.9. The van der Waals surface area contributed by atoms with E-state index >= 15 is 0 Å². The normalized spacial score (nSPS) is 15.3. The summed E-state index contributed by atoms with van der Waals surface area (Å²) in [4.78, 5) is 2.38. The maximum absolute atomic E-state index is 6.29. The van der Waals surface area contributed by atoms with Gasteiger partial charge in [0, 0.05) is 12.1 Å². The molecule has 0 bridgehead atoms. The molecule has 0 aromatic heterocycles. The van der Waals surface area contributed by atoms with E-state index in [0.717, 1.165) is 44.3 Å². The lowest BCUT2D eigenvalue weighted by Gasteiger charge is -2.35. The molecule has 0 fully saturated rings. The molecule has 0 saturated carbocycles. The zero-order chi connectivity index (χ0) is 16.3. The first-order valence-electron chi connectivity index (χ1n) is 7.97. The van der Waals surface area contributed by atoms with Crippen LogP contribution in [0.15, 0.2) is 37.0 Å². The van der Waals surface area contributed by atoms with Gasteiger partial charge in [0.1, 0.15) is 0 Å². The molecule has 2 atom stereocenters. The zero-order valence-electron chi connectivity index (χ0n) is 13.8. The topological polar surface area (TPSA) is 81.3 Å². The van der Waals surface area contributed by atoms with Gasteiger partial charge in [-0.1, -0.05) is 51.7 Å². The highest BCUT2D eigenvalue weighted by Crippen LogP contribution is 2.15. The van der Waals surface area contributed by atoms with Gasteiger partial charge in [0.2, 0.25) is 0 Å². The van der Waals surface area contributed by atoms with Crippen LogP contribution < -0.4 is 17.2 Å². The first kappa shape index (κ1) is 20.1. The molecule has 0 saturated heterocycles. The van der Waals surface area contributed by atoms with E-state index in [1.807, 2.05) is 6.08 Å². The van der Waals surface area contributed by atoms with E-state index in [-0.39, 0.29) is 12.1 Å². The van der Waals surface area contributed by atoms with Crippen molar-refractivity contribution in [3.05, 3.63) is 37.0 Å². The van der Waals surface area contributed by atoms with Gasteiger partial charge >= 0.3 is 0 Å². The molecule has 0 heterocycles. The lowest BCUT2D eigenvalue weighted by Crippen LogP contribution is -2.55. The van der Waals surface area contributed by atoms with E-state index < -0.39 is 6.17 Å². The summed E-state index contributed by atoms with van der Waals surface area (Å²) in [5.74, 6) is 0. The van der Waals surface area contributed by atoms with Crippen molar-refractivity contribution in [2.24, 2.45) is 17.2 Å². The van der Waals surface area contributed by atoms with Crippen LogP contribution in [-0.2, 0) is 0 Å². The van der Waals surface area contributed by atoms with E-state index in [0.29, 0.717) is 0 Å². The summed E-state index contributed by atoms with van der Waals surface area (Å²) in [7, 11) is 0. The Bertz CT molecular complexity index is 323. The van der Waals surface area contributed by atoms with E-state index in [9.17, 15) is 0 Å². The molecule has 1 unspecified atom stereocenters. The third kappa shape index (κ3) is 7.58. The van der Waals surface area contributed by atoms with Crippen molar-refractivity contribution in [1.29, 1.82) is 0 Å². The van der Waals surface area contributed by atoms with Crippen molar-refractivity contribution < 1.29 is 0 Å². The lowest BCUT2D eigenvalue weighted by atomic mass is 9.96. The molecule has 6 N–H and O–H groups in total. The lowest BCUT2D eigenvalue weighted by molar-refractivity contribution is 0.156. The summed E-state index contributed by atoms with van der Waals surface area (Å²) in [5, 5.41) is 0. The van der Waals surface area contributed by atoms with E-state index in [2.05, 4.69) is 31.9 Å². The minimum atomic E-state index is -0.394. The van der Waals surface area contributed by atoms with Gasteiger partial charge in [-0.3, -0.25) is 4.90 Å². The molecule has 0 spiro atoms. The maximum atomic E-state index is 6.29. The van der Waals surface area contributed by atoms with E-state index in [1.54, 1.807) is 12.2 Å². The van der Waals surface area contributed by atoms with Crippen LogP contribution >= 0.6 is 0 Å². The second-order valence-corrected chi connectivity index (χ2v) is 5.48. The van der Waals surface area contributed by atoms with Crippen LogP contribution in [0.5, 0.6) is 0 Å². The third-order valence-corrected chi connectivity index (χ3v) is 3.69. The molecule has 4 nitrogen and oxygen atoms in total. The zero-order valence-corrected chi connectivity index (χ0v) is 13.8. The van der Waals surface area contributed by atoms with Gasteiger partial charge in [-0.2, -0.15) is 0 Å². The molecular weight excluding hydrogens is 260 g/mol. The molecule has 0 radical (unpaired) electrons. The van der Waals surface area contributed by atoms with Crippen LogP contribution in [0.25, 0.3) is 0 Å². The van der Waals surface area contributed by atoms with Crippen molar-refractivity contribution in [3.63, 3.8) is 0 Å². The van der Waals surface area contributed by atoms with Crippen LogP contribution in [0.4, 0.5) is 0 Å². The predicted molar refractivity (Wildman–Crippen MR) is 93.8 cm³/mol. The molecule has 21 heavy (non-hydrogen) atoms. The first-order chi connectivity index (χ1) is 10.0.